The number of thiophene rings is 1. The zero-order valence-corrected chi connectivity index (χ0v) is 19.3. The molecule has 1 saturated heterocycles. The fourth-order valence-corrected chi connectivity index (χ4v) is 4.79. The second kappa shape index (κ2) is 9.67. The van der Waals surface area contributed by atoms with Gasteiger partial charge in [-0.15, -0.1) is 11.3 Å². The first kappa shape index (κ1) is 22.2. The minimum Gasteiger partial charge on any atom is -0.383 e. The molecule has 9 heteroatoms. The molecule has 3 aromatic rings. The molecule has 0 aliphatic carbocycles. The van der Waals surface area contributed by atoms with Gasteiger partial charge >= 0.3 is 0 Å². The van der Waals surface area contributed by atoms with Crippen LogP contribution in [0.5, 0.6) is 0 Å². The highest BCUT2D eigenvalue weighted by Gasteiger charge is 2.36. The quantitative estimate of drug-likeness (QED) is 0.551. The van der Waals surface area contributed by atoms with Crippen molar-refractivity contribution in [3.8, 4) is 0 Å². The summed E-state index contributed by atoms with van der Waals surface area (Å²) in [5, 5.41) is 2.68. The molecule has 32 heavy (non-hydrogen) atoms. The highest BCUT2D eigenvalue weighted by molar-refractivity contribution is 7.14. The number of piperazine rings is 1. The Hall–Kier alpha value is -2.97. The highest BCUT2D eigenvalue weighted by atomic mass is 35.5. The van der Waals surface area contributed by atoms with Crippen molar-refractivity contribution in [2.45, 2.75) is 32.4 Å². The summed E-state index contributed by atoms with van der Waals surface area (Å²) in [6.07, 6.45) is 6.14. The average molecular weight is 470 g/mol. The minimum atomic E-state index is -0.463. The van der Waals surface area contributed by atoms with E-state index in [2.05, 4.69) is 9.97 Å². The number of nitrogens with zero attached hydrogens (tertiary/aromatic N) is 4. The molecular weight excluding hydrogens is 446 g/mol. The summed E-state index contributed by atoms with van der Waals surface area (Å²) in [5.74, 6) is 0.253. The number of hydrogen-bond donors (Lipinski definition) is 1. The van der Waals surface area contributed by atoms with E-state index in [9.17, 15) is 9.59 Å². The van der Waals surface area contributed by atoms with E-state index in [0.717, 1.165) is 28.5 Å². The number of hydrogen-bond acceptors (Lipinski definition) is 6. The lowest BCUT2D eigenvalue weighted by molar-refractivity contribution is -0.150. The molecule has 0 unspecified atom stereocenters. The van der Waals surface area contributed by atoms with Gasteiger partial charge in [-0.2, -0.15) is 0 Å². The van der Waals surface area contributed by atoms with Gasteiger partial charge in [0.2, 0.25) is 11.8 Å². The predicted molar refractivity (Wildman–Crippen MR) is 128 cm³/mol. The van der Waals surface area contributed by atoms with Gasteiger partial charge < -0.3 is 15.5 Å². The topological polar surface area (TPSA) is 92.4 Å². The van der Waals surface area contributed by atoms with Crippen LogP contribution < -0.4 is 5.73 Å². The molecule has 1 aliphatic rings. The normalized spacial score (nSPS) is 16.9. The Labute approximate surface area is 195 Å². The Bertz CT molecular complexity index is 1180. The molecule has 0 bridgehead atoms. The number of benzene rings is 1. The van der Waals surface area contributed by atoms with Crippen LogP contribution in [0.25, 0.3) is 17.0 Å². The predicted octanol–water partition coefficient (Wildman–Crippen LogP) is 3.98. The molecule has 3 heterocycles. The van der Waals surface area contributed by atoms with Crippen LogP contribution >= 0.6 is 22.9 Å². The lowest BCUT2D eigenvalue weighted by Crippen LogP contribution is -2.58. The van der Waals surface area contributed by atoms with E-state index in [0.29, 0.717) is 36.2 Å². The van der Waals surface area contributed by atoms with Crippen LogP contribution in [0.4, 0.5) is 5.82 Å². The average Bonchev–Trinajstić information content (AvgIpc) is 3.20. The van der Waals surface area contributed by atoms with Gasteiger partial charge in [0, 0.05) is 31.1 Å². The Balaban J connectivity index is 1.48. The Morgan fingerprint density at radius 1 is 1.31 bits per heavy atom. The van der Waals surface area contributed by atoms with E-state index in [-0.39, 0.29) is 11.8 Å². The van der Waals surface area contributed by atoms with E-state index in [1.165, 1.54) is 23.7 Å². The first-order chi connectivity index (χ1) is 15.5. The third-order valence-corrected chi connectivity index (χ3v) is 6.65. The standard InChI is InChI=1S/C23H24ClN5O2S/c1-2-3-19-23(31)28(12-15-4-6-17-18(10-15)26-14-27-22(17)25)8-9-29(19)21(30)7-5-16-11-20(24)32-13-16/h4-7,10-11,13-14,19H,2-3,8-9,12H2,1H3,(H2,25,26,27)/t19-/m0/s1. The second-order valence-electron chi connectivity index (χ2n) is 7.72. The molecule has 166 valence electrons. The number of nitrogens with two attached hydrogens (primary N) is 1. The van der Waals surface area contributed by atoms with Gasteiger partial charge in [-0.05, 0) is 47.2 Å². The van der Waals surface area contributed by atoms with Crippen molar-refractivity contribution in [3.05, 3.63) is 57.5 Å². The molecule has 1 aromatic carbocycles. The molecule has 0 radical (unpaired) electrons. The van der Waals surface area contributed by atoms with E-state index < -0.39 is 6.04 Å². The van der Waals surface area contributed by atoms with Crippen LogP contribution in [-0.2, 0) is 16.1 Å². The van der Waals surface area contributed by atoms with Gasteiger partial charge in [0.15, 0.2) is 0 Å². The van der Waals surface area contributed by atoms with Crippen molar-refractivity contribution in [1.82, 2.24) is 19.8 Å². The number of amides is 2. The Morgan fingerprint density at radius 2 is 2.16 bits per heavy atom. The van der Waals surface area contributed by atoms with Gasteiger partial charge in [0.1, 0.15) is 18.2 Å². The van der Waals surface area contributed by atoms with Crippen LogP contribution in [-0.4, -0.2) is 50.7 Å². The van der Waals surface area contributed by atoms with E-state index in [1.54, 1.807) is 11.0 Å². The summed E-state index contributed by atoms with van der Waals surface area (Å²) in [4.78, 5) is 37.9. The monoisotopic (exact) mass is 469 g/mol. The number of nitrogen functional groups attached to an aromatic ring is 1. The molecule has 1 fully saturated rings. The van der Waals surface area contributed by atoms with Crippen molar-refractivity contribution in [1.29, 1.82) is 0 Å². The lowest BCUT2D eigenvalue weighted by Gasteiger charge is -2.40. The van der Waals surface area contributed by atoms with Gasteiger partial charge in [0.25, 0.3) is 0 Å². The lowest BCUT2D eigenvalue weighted by atomic mass is 10.0. The molecule has 1 aliphatic heterocycles. The van der Waals surface area contributed by atoms with Crippen molar-refractivity contribution < 1.29 is 9.59 Å². The van der Waals surface area contributed by atoms with E-state index >= 15 is 0 Å². The zero-order valence-electron chi connectivity index (χ0n) is 17.7. The first-order valence-corrected chi connectivity index (χ1v) is 11.7. The third-order valence-electron chi connectivity index (χ3n) is 5.54. The second-order valence-corrected chi connectivity index (χ2v) is 9.27. The maximum atomic E-state index is 13.3. The van der Waals surface area contributed by atoms with Crippen LogP contribution in [0, 0.1) is 0 Å². The first-order valence-electron chi connectivity index (χ1n) is 10.5. The van der Waals surface area contributed by atoms with Crippen LogP contribution in [0.3, 0.4) is 0 Å². The van der Waals surface area contributed by atoms with Crippen LogP contribution in [0.15, 0.2) is 42.0 Å². The fraction of sp³-hybridized carbons (Fsp3) is 0.304. The number of carbonyl (C=O) groups is 2. The molecule has 4 rings (SSSR count). The van der Waals surface area contributed by atoms with Crippen molar-refractivity contribution in [2.24, 2.45) is 0 Å². The van der Waals surface area contributed by atoms with Crippen molar-refractivity contribution in [2.75, 3.05) is 18.8 Å². The minimum absolute atomic E-state index is 0.0271. The molecule has 2 amide bonds. The Morgan fingerprint density at radius 3 is 2.91 bits per heavy atom. The number of rotatable bonds is 6. The summed E-state index contributed by atoms with van der Waals surface area (Å²) in [6.45, 7) is 3.45. The number of anilines is 1. The number of carbonyl (C=O) groups excluding carboxylic acids is 2. The molecule has 2 N–H and O–H groups in total. The van der Waals surface area contributed by atoms with Gasteiger partial charge in [-0.25, -0.2) is 9.97 Å². The molecule has 2 aromatic heterocycles. The molecular formula is C23H24ClN5O2S. The smallest absolute Gasteiger partial charge is 0.247 e. The van der Waals surface area contributed by atoms with E-state index in [1.807, 2.05) is 41.5 Å². The number of halogens is 1. The maximum absolute atomic E-state index is 13.3. The van der Waals surface area contributed by atoms with Crippen molar-refractivity contribution >= 4 is 57.5 Å². The Kier molecular flexibility index (Phi) is 6.72. The molecule has 7 nitrogen and oxygen atoms in total. The maximum Gasteiger partial charge on any atom is 0.247 e. The zero-order chi connectivity index (χ0) is 22.7. The van der Waals surface area contributed by atoms with Crippen LogP contribution in [0.2, 0.25) is 4.34 Å². The summed E-state index contributed by atoms with van der Waals surface area (Å²) in [5.41, 5.74) is 8.50. The summed E-state index contributed by atoms with van der Waals surface area (Å²) in [7, 11) is 0. The highest BCUT2D eigenvalue weighted by Crippen LogP contribution is 2.23. The van der Waals surface area contributed by atoms with Gasteiger partial charge in [-0.3, -0.25) is 9.59 Å². The molecule has 0 saturated carbocycles. The summed E-state index contributed by atoms with van der Waals surface area (Å²) in [6, 6.07) is 7.10. The fourth-order valence-electron chi connectivity index (χ4n) is 3.93. The SMILES string of the molecule is CCC[C@H]1C(=O)N(Cc2ccc3c(N)ncnc3c2)CCN1C(=O)C=Cc1csc(Cl)c1. The van der Waals surface area contributed by atoms with Crippen molar-refractivity contribution in [3.63, 3.8) is 0 Å². The van der Waals surface area contributed by atoms with E-state index in [4.69, 9.17) is 17.3 Å². The summed E-state index contributed by atoms with van der Waals surface area (Å²) >= 11 is 7.37. The molecule has 1 atom stereocenters. The number of fused-ring (bicyclic) bond motifs is 1. The van der Waals surface area contributed by atoms with Gasteiger partial charge in [-0.1, -0.05) is 31.0 Å². The van der Waals surface area contributed by atoms with Gasteiger partial charge in [0.05, 0.1) is 9.85 Å². The summed E-state index contributed by atoms with van der Waals surface area (Å²) < 4.78 is 0.674. The largest absolute Gasteiger partial charge is 0.383 e. The third kappa shape index (κ3) is 4.76. The number of aromatic nitrogens is 2. The van der Waals surface area contributed by atoms with Crippen LogP contribution in [0.1, 0.15) is 30.9 Å². The molecule has 0 spiro atoms.